The van der Waals surface area contributed by atoms with Crippen LogP contribution in [0.5, 0.6) is 11.5 Å². The average Bonchev–Trinajstić information content (AvgIpc) is 2.61. The molecule has 4 N–H and O–H groups in total. The van der Waals surface area contributed by atoms with Gasteiger partial charge in [-0.1, -0.05) is 49.4 Å². The van der Waals surface area contributed by atoms with Crippen LogP contribution in [0, 0.1) is 0 Å². The highest BCUT2D eigenvalue weighted by Crippen LogP contribution is 2.28. The first-order chi connectivity index (χ1) is 12.1. The van der Waals surface area contributed by atoms with E-state index in [-0.39, 0.29) is 17.5 Å². The lowest BCUT2D eigenvalue weighted by Crippen LogP contribution is -2.26. The minimum Gasteiger partial charge on any atom is -0.508 e. The molecule has 4 heteroatoms. The Morgan fingerprint density at radius 3 is 2.32 bits per heavy atom. The van der Waals surface area contributed by atoms with E-state index in [4.69, 9.17) is 0 Å². The van der Waals surface area contributed by atoms with E-state index in [1.54, 1.807) is 0 Å². The molecule has 0 spiro atoms. The van der Waals surface area contributed by atoms with Gasteiger partial charge in [0, 0.05) is 18.7 Å². The number of hydrogen-bond acceptors (Lipinski definition) is 4. The zero-order valence-electron chi connectivity index (χ0n) is 14.2. The van der Waals surface area contributed by atoms with E-state index >= 15 is 0 Å². The van der Waals surface area contributed by atoms with Crippen molar-refractivity contribution >= 4 is 10.8 Å². The molecule has 3 rings (SSSR count). The second-order valence-electron chi connectivity index (χ2n) is 6.24. The number of aromatic hydroxyl groups is 2. The van der Waals surface area contributed by atoms with Crippen LogP contribution in [0.2, 0.25) is 0 Å². The summed E-state index contributed by atoms with van der Waals surface area (Å²) in [7, 11) is 0. The quantitative estimate of drug-likeness (QED) is 0.548. The summed E-state index contributed by atoms with van der Waals surface area (Å²) in [6, 6.07) is 18.8. The molecule has 0 saturated heterocycles. The van der Waals surface area contributed by atoms with Gasteiger partial charge in [-0.15, -0.1) is 0 Å². The molecule has 0 saturated carbocycles. The van der Waals surface area contributed by atoms with E-state index in [2.05, 4.69) is 36.5 Å². The van der Waals surface area contributed by atoms with Gasteiger partial charge in [-0.2, -0.15) is 0 Å². The zero-order chi connectivity index (χ0) is 17.8. The monoisotopic (exact) mass is 337 g/mol. The summed E-state index contributed by atoms with van der Waals surface area (Å²) in [5, 5.41) is 35.3. The second kappa shape index (κ2) is 7.55. The van der Waals surface area contributed by atoms with Gasteiger partial charge >= 0.3 is 0 Å². The SMILES string of the molecule is CC[C@@H](NC[C@H](O)c1cc(O)cc(O)c1)c1cccc2ccccc12. The fourth-order valence-corrected chi connectivity index (χ4v) is 3.21. The van der Waals surface area contributed by atoms with Crippen LogP contribution in [-0.4, -0.2) is 21.9 Å². The van der Waals surface area contributed by atoms with Crippen LogP contribution in [0.4, 0.5) is 0 Å². The molecule has 0 aliphatic heterocycles. The number of aliphatic hydroxyl groups is 1. The third-order valence-electron chi connectivity index (χ3n) is 4.47. The predicted molar refractivity (Wildman–Crippen MR) is 99.7 cm³/mol. The molecule has 0 bridgehead atoms. The Morgan fingerprint density at radius 1 is 0.920 bits per heavy atom. The van der Waals surface area contributed by atoms with Crippen molar-refractivity contribution in [3.8, 4) is 11.5 Å². The second-order valence-corrected chi connectivity index (χ2v) is 6.24. The molecule has 130 valence electrons. The van der Waals surface area contributed by atoms with Gasteiger partial charge < -0.3 is 20.6 Å². The molecule has 2 atom stereocenters. The molecule has 0 heterocycles. The van der Waals surface area contributed by atoms with Crippen LogP contribution >= 0.6 is 0 Å². The lowest BCUT2D eigenvalue weighted by atomic mass is 9.97. The van der Waals surface area contributed by atoms with Gasteiger partial charge in [0.1, 0.15) is 11.5 Å². The summed E-state index contributed by atoms with van der Waals surface area (Å²) >= 11 is 0. The zero-order valence-corrected chi connectivity index (χ0v) is 14.2. The minimum atomic E-state index is -0.818. The summed E-state index contributed by atoms with van der Waals surface area (Å²) in [5.74, 6) is -0.120. The third kappa shape index (κ3) is 3.92. The molecule has 3 aromatic carbocycles. The number of phenols is 2. The molecule has 4 nitrogen and oxygen atoms in total. The van der Waals surface area contributed by atoms with Crippen LogP contribution in [0.3, 0.4) is 0 Å². The lowest BCUT2D eigenvalue weighted by Gasteiger charge is -2.22. The molecule has 0 aliphatic carbocycles. The molecule has 0 aliphatic rings. The number of hydrogen-bond donors (Lipinski definition) is 4. The summed E-state index contributed by atoms with van der Waals surface area (Å²) in [5.41, 5.74) is 1.68. The maximum atomic E-state index is 10.4. The molecule has 0 radical (unpaired) electrons. The summed E-state index contributed by atoms with van der Waals surface area (Å²) in [4.78, 5) is 0. The number of aliphatic hydroxyl groups excluding tert-OH is 1. The molecule has 25 heavy (non-hydrogen) atoms. The van der Waals surface area contributed by atoms with E-state index in [1.807, 2.05) is 18.2 Å². The standard InChI is InChI=1S/C21H23NO3/c1-2-20(19-9-5-7-14-6-3-4-8-18(14)19)22-13-21(25)15-10-16(23)12-17(24)11-15/h3-12,20-25H,2,13H2,1H3/t20-,21+/m1/s1. The number of nitrogens with one attached hydrogen (secondary N) is 1. The van der Waals surface area contributed by atoms with E-state index in [0.717, 1.165) is 6.42 Å². The van der Waals surface area contributed by atoms with Crippen LogP contribution < -0.4 is 5.32 Å². The Bertz CT molecular complexity index is 837. The summed E-state index contributed by atoms with van der Waals surface area (Å²) in [6.45, 7) is 2.43. The maximum absolute atomic E-state index is 10.4. The minimum absolute atomic E-state index is 0.0601. The highest BCUT2D eigenvalue weighted by Gasteiger charge is 2.15. The van der Waals surface area contributed by atoms with Crippen LogP contribution in [-0.2, 0) is 0 Å². The van der Waals surface area contributed by atoms with Crippen molar-refractivity contribution in [2.24, 2.45) is 0 Å². The van der Waals surface area contributed by atoms with Crippen molar-refractivity contribution in [3.63, 3.8) is 0 Å². The van der Waals surface area contributed by atoms with Crippen molar-refractivity contribution in [2.75, 3.05) is 6.54 Å². The highest BCUT2D eigenvalue weighted by atomic mass is 16.3. The molecular weight excluding hydrogens is 314 g/mol. The average molecular weight is 337 g/mol. The van der Waals surface area contributed by atoms with E-state index in [1.165, 1.54) is 34.5 Å². The maximum Gasteiger partial charge on any atom is 0.119 e. The fourth-order valence-electron chi connectivity index (χ4n) is 3.21. The first-order valence-corrected chi connectivity index (χ1v) is 8.50. The van der Waals surface area contributed by atoms with Crippen molar-refractivity contribution in [1.82, 2.24) is 5.32 Å². The van der Waals surface area contributed by atoms with E-state index < -0.39 is 6.10 Å². The molecule has 0 aromatic heterocycles. The highest BCUT2D eigenvalue weighted by molar-refractivity contribution is 5.86. The van der Waals surface area contributed by atoms with Gasteiger partial charge in [-0.05, 0) is 40.5 Å². The fraction of sp³-hybridized carbons (Fsp3) is 0.238. The number of fused-ring (bicyclic) bond motifs is 1. The Balaban J connectivity index is 1.78. The summed E-state index contributed by atoms with van der Waals surface area (Å²) < 4.78 is 0. The van der Waals surface area contributed by atoms with Crippen LogP contribution in [0.1, 0.15) is 36.6 Å². The molecule has 0 fully saturated rings. The number of rotatable bonds is 6. The largest absolute Gasteiger partial charge is 0.508 e. The van der Waals surface area contributed by atoms with Crippen molar-refractivity contribution in [1.29, 1.82) is 0 Å². The normalized spacial score (nSPS) is 13.7. The lowest BCUT2D eigenvalue weighted by molar-refractivity contribution is 0.168. The Morgan fingerprint density at radius 2 is 1.60 bits per heavy atom. The first kappa shape index (κ1) is 17.3. The van der Waals surface area contributed by atoms with Crippen molar-refractivity contribution in [2.45, 2.75) is 25.5 Å². The summed E-state index contributed by atoms with van der Waals surface area (Å²) in [6.07, 6.45) is 0.0634. The molecular formula is C21H23NO3. The van der Waals surface area contributed by atoms with E-state index in [9.17, 15) is 15.3 Å². The van der Waals surface area contributed by atoms with Gasteiger partial charge in [0.2, 0.25) is 0 Å². The Labute approximate surface area is 147 Å². The van der Waals surface area contributed by atoms with Gasteiger partial charge in [0.05, 0.1) is 6.10 Å². The van der Waals surface area contributed by atoms with Gasteiger partial charge in [-0.25, -0.2) is 0 Å². The molecule has 0 unspecified atom stereocenters. The topological polar surface area (TPSA) is 72.7 Å². The Hall–Kier alpha value is -2.56. The third-order valence-corrected chi connectivity index (χ3v) is 4.47. The van der Waals surface area contributed by atoms with Crippen molar-refractivity contribution in [3.05, 3.63) is 71.8 Å². The number of phenolic OH excluding ortho intramolecular Hbond substituents is 2. The van der Waals surface area contributed by atoms with Crippen molar-refractivity contribution < 1.29 is 15.3 Å². The Kier molecular flexibility index (Phi) is 5.22. The predicted octanol–water partition coefficient (Wildman–Crippen LogP) is 4.03. The molecule has 3 aromatic rings. The van der Waals surface area contributed by atoms with Crippen LogP contribution in [0.15, 0.2) is 60.7 Å². The van der Waals surface area contributed by atoms with Gasteiger partial charge in [0.25, 0.3) is 0 Å². The van der Waals surface area contributed by atoms with Crippen LogP contribution in [0.25, 0.3) is 10.8 Å². The smallest absolute Gasteiger partial charge is 0.119 e. The number of benzene rings is 3. The van der Waals surface area contributed by atoms with E-state index in [0.29, 0.717) is 12.1 Å². The first-order valence-electron chi connectivity index (χ1n) is 8.50. The van der Waals surface area contributed by atoms with Gasteiger partial charge in [0.15, 0.2) is 0 Å². The van der Waals surface area contributed by atoms with Gasteiger partial charge in [-0.3, -0.25) is 0 Å². The molecule has 0 amide bonds.